The van der Waals surface area contributed by atoms with Crippen LogP contribution in [0.25, 0.3) is 6.08 Å². The van der Waals surface area contributed by atoms with E-state index in [-0.39, 0.29) is 17.7 Å². The van der Waals surface area contributed by atoms with Crippen LogP contribution in [0.2, 0.25) is 0 Å². The summed E-state index contributed by atoms with van der Waals surface area (Å²) in [5.74, 6) is 4.99. The molecule has 1 N–H and O–H groups in total. The van der Waals surface area contributed by atoms with Crippen molar-refractivity contribution in [3.8, 4) is 11.8 Å². The molecule has 2 aromatic rings. The zero-order valence-corrected chi connectivity index (χ0v) is 18.1. The standard InChI is InChI=1S/C26H27NO4/c1-26(2,3)31-25(30)27(23-16-17-23)18-21-10-8-19(9-11-21)6-4-5-7-20-12-14-22(15-13-20)24(28)29/h4,6,8-15,23H,16-18H2,1-3H3,(H,28,29)/b6-4+. The van der Waals surface area contributed by atoms with Crippen LogP contribution in [-0.4, -0.2) is 33.7 Å². The quantitative estimate of drug-likeness (QED) is 0.666. The maximum atomic E-state index is 12.5. The van der Waals surface area contributed by atoms with Crippen LogP contribution in [0.15, 0.2) is 54.6 Å². The molecule has 1 fully saturated rings. The lowest BCUT2D eigenvalue weighted by Gasteiger charge is -2.27. The molecule has 0 atom stereocenters. The second-order valence-electron chi connectivity index (χ2n) is 8.57. The van der Waals surface area contributed by atoms with E-state index >= 15 is 0 Å². The van der Waals surface area contributed by atoms with E-state index in [0.717, 1.165) is 29.5 Å². The molecule has 0 saturated heterocycles. The molecule has 0 unspecified atom stereocenters. The third-order valence-electron chi connectivity index (χ3n) is 4.66. The minimum absolute atomic E-state index is 0.244. The molecule has 0 aliphatic heterocycles. The highest BCUT2D eigenvalue weighted by molar-refractivity contribution is 5.87. The Morgan fingerprint density at radius 1 is 1.10 bits per heavy atom. The van der Waals surface area contributed by atoms with Crippen LogP contribution >= 0.6 is 0 Å². The average Bonchev–Trinajstić information content (AvgIpc) is 3.54. The summed E-state index contributed by atoms with van der Waals surface area (Å²) in [6.07, 6.45) is 5.47. The van der Waals surface area contributed by atoms with E-state index in [2.05, 4.69) is 11.8 Å². The van der Waals surface area contributed by atoms with Crippen LogP contribution in [0.4, 0.5) is 4.79 Å². The van der Waals surface area contributed by atoms with E-state index in [9.17, 15) is 9.59 Å². The molecule has 0 heterocycles. The van der Waals surface area contributed by atoms with E-state index in [1.165, 1.54) is 12.1 Å². The molecule has 0 radical (unpaired) electrons. The van der Waals surface area contributed by atoms with Crippen molar-refractivity contribution in [2.45, 2.75) is 51.8 Å². The van der Waals surface area contributed by atoms with E-state index in [4.69, 9.17) is 9.84 Å². The van der Waals surface area contributed by atoms with Gasteiger partial charge in [-0.1, -0.05) is 36.1 Å². The summed E-state index contributed by atoms with van der Waals surface area (Å²) in [4.78, 5) is 25.2. The summed E-state index contributed by atoms with van der Waals surface area (Å²) in [6, 6.07) is 14.7. The Hall–Kier alpha value is -3.52. The lowest BCUT2D eigenvalue weighted by atomic mass is 10.1. The summed E-state index contributed by atoms with van der Waals surface area (Å²) < 4.78 is 5.55. The van der Waals surface area contributed by atoms with Gasteiger partial charge in [-0.3, -0.25) is 0 Å². The third kappa shape index (κ3) is 7.04. The zero-order valence-electron chi connectivity index (χ0n) is 18.1. The van der Waals surface area contributed by atoms with Gasteiger partial charge in [-0.2, -0.15) is 0 Å². The smallest absolute Gasteiger partial charge is 0.410 e. The first-order valence-electron chi connectivity index (χ1n) is 10.3. The van der Waals surface area contributed by atoms with Gasteiger partial charge in [0.2, 0.25) is 0 Å². The maximum absolute atomic E-state index is 12.5. The number of carboxylic acids is 1. The Labute approximate surface area is 183 Å². The first-order chi connectivity index (χ1) is 14.7. The summed E-state index contributed by atoms with van der Waals surface area (Å²) in [5.41, 5.74) is 2.56. The molecule has 5 heteroatoms. The van der Waals surface area contributed by atoms with E-state index in [1.54, 1.807) is 18.2 Å². The van der Waals surface area contributed by atoms with Crippen LogP contribution in [0.1, 0.15) is 60.7 Å². The van der Waals surface area contributed by atoms with Crippen LogP contribution in [0.5, 0.6) is 0 Å². The van der Waals surface area contributed by atoms with Gasteiger partial charge in [0, 0.05) is 18.2 Å². The number of rotatable bonds is 5. The van der Waals surface area contributed by atoms with Gasteiger partial charge in [-0.25, -0.2) is 9.59 Å². The number of hydrogen-bond donors (Lipinski definition) is 1. The van der Waals surface area contributed by atoms with Crippen molar-refractivity contribution < 1.29 is 19.4 Å². The number of aromatic carboxylic acids is 1. The third-order valence-corrected chi connectivity index (χ3v) is 4.66. The van der Waals surface area contributed by atoms with Crippen LogP contribution in [-0.2, 0) is 11.3 Å². The molecule has 2 aromatic carbocycles. The van der Waals surface area contributed by atoms with Gasteiger partial charge >= 0.3 is 12.1 Å². The average molecular weight is 418 g/mol. The molecule has 3 rings (SSSR count). The van der Waals surface area contributed by atoms with Gasteiger partial charge < -0.3 is 14.7 Å². The van der Waals surface area contributed by atoms with Crippen molar-refractivity contribution in [1.29, 1.82) is 0 Å². The molecule has 1 amide bonds. The van der Waals surface area contributed by atoms with E-state index in [0.29, 0.717) is 6.54 Å². The molecular weight excluding hydrogens is 390 g/mol. The predicted octanol–water partition coefficient (Wildman–Crippen LogP) is 5.35. The Kier molecular flexibility index (Phi) is 6.81. The molecule has 1 aliphatic carbocycles. The summed E-state index contributed by atoms with van der Waals surface area (Å²) in [6.45, 7) is 6.18. The van der Waals surface area contributed by atoms with Crippen molar-refractivity contribution in [2.24, 2.45) is 0 Å². The van der Waals surface area contributed by atoms with Gasteiger partial charge in [0.25, 0.3) is 0 Å². The van der Waals surface area contributed by atoms with Gasteiger partial charge in [0.05, 0.1) is 5.56 Å². The van der Waals surface area contributed by atoms with E-state index < -0.39 is 11.6 Å². The summed E-state index contributed by atoms with van der Waals surface area (Å²) in [7, 11) is 0. The fourth-order valence-electron chi connectivity index (χ4n) is 2.94. The first-order valence-corrected chi connectivity index (χ1v) is 10.3. The minimum atomic E-state index is -0.950. The van der Waals surface area contributed by atoms with Crippen molar-refractivity contribution in [1.82, 2.24) is 4.90 Å². The maximum Gasteiger partial charge on any atom is 0.410 e. The molecule has 5 nitrogen and oxygen atoms in total. The number of carboxylic acid groups (broad SMARTS) is 1. The molecule has 0 bridgehead atoms. The highest BCUT2D eigenvalue weighted by Gasteiger charge is 2.35. The predicted molar refractivity (Wildman–Crippen MR) is 121 cm³/mol. The number of nitrogens with zero attached hydrogens (tertiary/aromatic N) is 1. The molecule has 1 saturated carbocycles. The molecular formula is C26H27NO4. The number of carbonyl (C=O) groups is 2. The second kappa shape index (κ2) is 9.53. The lowest BCUT2D eigenvalue weighted by molar-refractivity contribution is 0.0216. The first kappa shape index (κ1) is 22.2. The number of benzene rings is 2. The Balaban J connectivity index is 1.58. The Morgan fingerprint density at radius 2 is 1.74 bits per heavy atom. The van der Waals surface area contributed by atoms with Crippen LogP contribution in [0, 0.1) is 11.8 Å². The normalized spacial score (nSPS) is 13.4. The van der Waals surface area contributed by atoms with Crippen molar-refractivity contribution in [3.05, 3.63) is 76.9 Å². The molecule has 0 aromatic heterocycles. The number of allylic oxidation sites excluding steroid dienone is 1. The molecule has 160 valence electrons. The number of hydrogen-bond acceptors (Lipinski definition) is 3. The van der Waals surface area contributed by atoms with E-state index in [1.807, 2.05) is 56.0 Å². The fourth-order valence-corrected chi connectivity index (χ4v) is 2.94. The lowest BCUT2D eigenvalue weighted by Crippen LogP contribution is -2.37. The topological polar surface area (TPSA) is 66.8 Å². The van der Waals surface area contributed by atoms with Gasteiger partial charge in [-0.15, -0.1) is 0 Å². The highest BCUT2D eigenvalue weighted by Crippen LogP contribution is 2.30. The highest BCUT2D eigenvalue weighted by atomic mass is 16.6. The largest absolute Gasteiger partial charge is 0.478 e. The van der Waals surface area contributed by atoms with Crippen molar-refractivity contribution in [3.63, 3.8) is 0 Å². The molecule has 1 aliphatic rings. The van der Waals surface area contributed by atoms with Crippen molar-refractivity contribution in [2.75, 3.05) is 0 Å². The summed E-state index contributed by atoms with van der Waals surface area (Å²) >= 11 is 0. The van der Waals surface area contributed by atoms with Gasteiger partial charge in [0.1, 0.15) is 5.60 Å². The number of carbonyl (C=O) groups excluding carboxylic acids is 1. The Bertz CT molecular complexity index is 1010. The van der Waals surface area contributed by atoms with Gasteiger partial charge in [0.15, 0.2) is 0 Å². The Morgan fingerprint density at radius 3 is 2.29 bits per heavy atom. The number of amides is 1. The summed E-state index contributed by atoms with van der Waals surface area (Å²) in [5, 5.41) is 8.91. The molecule has 0 spiro atoms. The zero-order chi connectivity index (χ0) is 22.4. The van der Waals surface area contributed by atoms with Gasteiger partial charge in [-0.05, 0) is 81.2 Å². The van der Waals surface area contributed by atoms with Crippen LogP contribution in [0.3, 0.4) is 0 Å². The van der Waals surface area contributed by atoms with Crippen molar-refractivity contribution >= 4 is 18.1 Å². The number of ether oxygens (including phenoxy) is 1. The second-order valence-corrected chi connectivity index (χ2v) is 8.57. The molecule has 31 heavy (non-hydrogen) atoms. The fraction of sp³-hybridized carbons (Fsp3) is 0.308. The van der Waals surface area contributed by atoms with Crippen LogP contribution < -0.4 is 0 Å². The minimum Gasteiger partial charge on any atom is -0.478 e. The monoisotopic (exact) mass is 417 g/mol. The SMILES string of the molecule is CC(C)(C)OC(=O)N(Cc1ccc(/C=C/C#Cc2ccc(C(=O)O)cc2)cc1)C1CC1.